The van der Waals surface area contributed by atoms with Gasteiger partial charge in [-0.25, -0.2) is 9.37 Å². The summed E-state index contributed by atoms with van der Waals surface area (Å²) >= 11 is 1.20. The number of carbonyl (C=O) groups excluding carboxylic acids is 1. The van der Waals surface area contributed by atoms with Crippen LogP contribution >= 0.6 is 11.8 Å². The average molecular weight is 419 g/mol. The number of nitrogens with one attached hydrogen (secondary N) is 1. The van der Waals surface area contributed by atoms with Crippen LogP contribution < -0.4 is 10.9 Å². The number of fused-ring (bicyclic) bond motifs is 1. The summed E-state index contributed by atoms with van der Waals surface area (Å²) in [6.45, 7) is 0.302. The van der Waals surface area contributed by atoms with Crippen LogP contribution in [0.4, 0.5) is 4.39 Å². The number of nitrogens with zero attached hydrogens (tertiary/aromatic N) is 2. The first kappa shape index (κ1) is 19.8. The van der Waals surface area contributed by atoms with E-state index in [9.17, 15) is 14.0 Å². The van der Waals surface area contributed by atoms with Crippen LogP contribution in [0, 0.1) is 5.82 Å². The minimum Gasteiger partial charge on any atom is -0.351 e. The maximum Gasteiger partial charge on any atom is 0.266 e. The molecule has 5 nitrogen and oxygen atoms in total. The third-order valence-electron chi connectivity index (χ3n) is 4.49. The molecule has 150 valence electrons. The summed E-state index contributed by atoms with van der Waals surface area (Å²) < 4.78 is 14.5. The van der Waals surface area contributed by atoms with E-state index in [1.54, 1.807) is 30.3 Å². The molecule has 0 aliphatic heterocycles. The number of aromatic nitrogens is 2. The number of para-hydroxylation sites is 2. The van der Waals surface area contributed by atoms with Crippen molar-refractivity contribution in [3.63, 3.8) is 0 Å². The second kappa shape index (κ2) is 8.92. The summed E-state index contributed by atoms with van der Waals surface area (Å²) in [4.78, 5) is 30.1. The third-order valence-corrected chi connectivity index (χ3v) is 5.43. The Morgan fingerprint density at radius 3 is 2.43 bits per heavy atom. The molecule has 0 aliphatic carbocycles. The van der Waals surface area contributed by atoms with E-state index in [1.165, 1.54) is 28.5 Å². The quantitative estimate of drug-likeness (QED) is 0.380. The van der Waals surface area contributed by atoms with Crippen molar-refractivity contribution in [2.24, 2.45) is 0 Å². The van der Waals surface area contributed by atoms with Crippen LogP contribution in [0.25, 0.3) is 16.6 Å². The van der Waals surface area contributed by atoms with Crippen LogP contribution in [0.2, 0.25) is 0 Å². The van der Waals surface area contributed by atoms with Crippen LogP contribution in [0.3, 0.4) is 0 Å². The molecule has 0 saturated carbocycles. The van der Waals surface area contributed by atoms with Crippen molar-refractivity contribution in [3.05, 3.63) is 101 Å². The fraction of sp³-hybridized carbons (Fsp3) is 0.0870. The number of benzene rings is 3. The van der Waals surface area contributed by atoms with Gasteiger partial charge in [-0.1, -0.05) is 54.2 Å². The zero-order valence-corrected chi connectivity index (χ0v) is 16.7. The Morgan fingerprint density at radius 1 is 0.967 bits per heavy atom. The smallest absolute Gasteiger partial charge is 0.266 e. The van der Waals surface area contributed by atoms with E-state index in [2.05, 4.69) is 10.3 Å². The molecule has 0 unspecified atom stereocenters. The monoisotopic (exact) mass is 419 g/mol. The first-order valence-electron chi connectivity index (χ1n) is 9.33. The molecule has 0 atom stereocenters. The molecule has 30 heavy (non-hydrogen) atoms. The van der Waals surface area contributed by atoms with Gasteiger partial charge in [0.15, 0.2) is 5.16 Å². The van der Waals surface area contributed by atoms with Crippen molar-refractivity contribution < 1.29 is 9.18 Å². The molecule has 0 bridgehead atoms. The number of hydrogen-bond donors (Lipinski definition) is 1. The van der Waals surface area contributed by atoms with Gasteiger partial charge in [0.05, 0.1) is 22.3 Å². The van der Waals surface area contributed by atoms with Gasteiger partial charge < -0.3 is 5.32 Å². The second-order valence-corrected chi connectivity index (χ2v) is 7.52. The van der Waals surface area contributed by atoms with Gasteiger partial charge in [0, 0.05) is 6.54 Å². The van der Waals surface area contributed by atoms with Crippen molar-refractivity contribution in [2.45, 2.75) is 11.7 Å². The number of rotatable bonds is 6. The Bertz CT molecular complexity index is 1240. The molecule has 1 N–H and O–H groups in total. The summed E-state index contributed by atoms with van der Waals surface area (Å²) in [7, 11) is 0. The summed E-state index contributed by atoms with van der Waals surface area (Å²) in [5.41, 5.74) is 1.90. The second-order valence-electron chi connectivity index (χ2n) is 6.58. The number of thioether (sulfide) groups is 1. The Kier molecular flexibility index (Phi) is 5.90. The molecule has 3 aromatic carbocycles. The van der Waals surface area contributed by atoms with E-state index < -0.39 is 0 Å². The largest absolute Gasteiger partial charge is 0.351 e. The minimum absolute atomic E-state index is 0.0960. The van der Waals surface area contributed by atoms with Crippen LogP contribution in [-0.2, 0) is 11.3 Å². The highest BCUT2D eigenvalue weighted by Gasteiger charge is 2.14. The standard InChI is InChI=1S/C23H18FN3O2S/c24-17-12-10-16(11-13-17)14-25-21(28)15-30-23-26-20-9-5-4-8-19(20)22(29)27(23)18-6-2-1-3-7-18/h1-13H,14-15H2,(H,25,28). The summed E-state index contributed by atoms with van der Waals surface area (Å²) in [6.07, 6.45) is 0. The first-order valence-corrected chi connectivity index (χ1v) is 10.3. The molecule has 1 amide bonds. The highest BCUT2D eigenvalue weighted by atomic mass is 32.2. The Labute approximate surface area is 176 Å². The topological polar surface area (TPSA) is 64.0 Å². The van der Waals surface area contributed by atoms with Crippen LogP contribution in [0.15, 0.2) is 88.8 Å². The lowest BCUT2D eigenvalue weighted by atomic mass is 10.2. The number of halogens is 1. The molecule has 0 radical (unpaired) electrons. The van der Waals surface area contributed by atoms with Crippen molar-refractivity contribution in [1.82, 2.24) is 14.9 Å². The fourth-order valence-electron chi connectivity index (χ4n) is 3.00. The van der Waals surface area contributed by atoms with Gasteiger partial charge in [-0.15, -0.1) is 0 Å². The lowest BCUT2D eigenvalue weighted by Gasteiger charge is -2.13. The molecule has 0 aliphatic rings. The predicted octanol–water partition coefficient (Wildman–Crippen LogP) is 3.93. The molecular formula is C23H18FN3O2S. The molecule has 0 spiro atoms. The van der Waals surface area contributed by atoms with E-state index in [0.29, 0.717) is 28.3 Å². The average Bonchev–Trinajstić information content (AvgIpc) is 2.78. The van der Waals surface area contributed by atoms with E-state index in [4.69, 9.17) is 0 Å². The van der Waals surface area contributed by atoms with Crippen molar-refractivity contribution in [1.29, 1.82) is 0 Å². The highest BCUT2D eigenvalue weighted by Crippen LogP contribution is 2.21. The van der Waals surface area contributed by atoms with Gasteiger partial charge in [0.1, 0.15) is 5.82 Å². The molecule has 0 saturated heterocycles. The SMILES string of the molecule is O=C(CSc1nc2ccccc2c(=O)n1-c1ccccc1)NCc1ccc(F)cc1. The van der Waals surface area contributed by atoms with Crippen LogP contribution in [0.1, 0.15) is 5.56 Å². The van der Waals surface area contributed by atoms with Crippen LogP contribution in [0.5, 0.6) is 0 Å². The summed E-state index contributed by atoms with van der Waals surface area (Å²) in [5.74, 6) is -0.424. The lowest BCUT2D eigenvalue weighted by Crippen LogP contribution is -2.26. The fourth-order valence-corrected chi connectivity index (χ4v) is 3.84. The molecular weight excluding hydrogens is 401 g/mol. The Balaban J connectivity index is 1.56. The number of hydrogen-bond acceptors (Lipinski definition) is 4. The van der Waals surface area contributed by atoms with Gasteiger partial charge in [0.25, 0.3) is 5.56 Å². The molecule has 7 heteroatoms. The van der Waals surface area contributed by atoms with E-state index in [-0.39, 0.29) is 23.0 Å². The normalized spacial score (nSPS) is 10.8. The van der Waals surface area contributed by atoms with Crippen molar-refractivity contribution in [2.75, 3.05) is 5.75 Å². The van der Waals surface area contributed by atoms with Gasteiger partial charge in [-0.05, 0) is 42.0 Å². The molecule has 4 aromatic rings. The van der Waals surface area contributed by atoms with Gasteiger partial charge in [-0.3, -0.25) is 14.2 Å². The maximum atomic E-state index is 13.1. The van der Waals surface area contributed by atoms with Gasteiger partial charge >= 0.3 is 0 Å². The first-order chi connectivity index (χ1) is 14.6. The number of amides is 1. The lowest BCUT2D eigenvalue weighted by molar-refractivity contribution is -0.118. The molecule has 1 heterocycles. The maximum absolute atomic E-state index is 13.1. The predicted molar refractivity (Wildman–Crippen MR) is 116 cm³/mol. The summed E-state index contributed by atoms with van der Waals surface area (Å²) in [6, 6.07) is 22.3. The van der Waals surface area contributed by atoms with E-state index in [0.717, 1.165) is 5.56 Å². The molecule has 1 aromatic heterocycles. The zero-order chi connectivity index (χ0) is 20.9. The Hall–Kier alpha value is -3.45. The van der Waals surface area contributed by atoms with E-state index >= 15 is 0 Å². The minimum atomic E-state index is -0.318. The van der Waals surface area contributed by atoms with E-state index in [1.807, 2.05) is 36.4 Å². The number of carbonyl (C=O) groups is 1. The van der Waals surface area contributed by atoms with Crippen LogP contribution in [-0.4, -0.2) is 21.2 Å². The Morgan fingerprint density at radius 2 is 1.67 bits per heavy atom. The zero-order valence-electron chi connectivity index (χ0n) is 15.9. The highest BCUT2D eigenvalue weighted by molar-refractivity contribution is 7.99. The van der Waals surface area contributed by atoms with Gasteiger partial charge in [0.2, 0.25) is 5.91 Å². The van der Waals surface area contributed by atoms with Gasteiger partial charge in [-0.2, -0.15) is 0 Å². The summed E-state index contributed by atoms with van der Waals surface area (Å²) in [5, 5.41) is 3.77. The van der Waals surface area contributed by atoms with Crippen molar-refractivity contribution in [3.8, 4) is 5.69 Å². The molecule has 0 fully saturated rings. The van der Waals surface area contributed by atoms with Crippen molar-refractivity contribution >= 4 is 28.6 Å². The third kappa shape index (κ3) is 4.41. The molecule has 4 rings (SSSR count).